The summed E-state index contributed by atoms with van der Waals surface area (Å²) in [4.78, 5) is 0. The summed E-state index contributed by atoms with van der Waals surface area (Å²) < 4.78 is 13.1. The van der Waals surface area contributed by atoms with Crippen LogP contribution in [-0.2, 0) is 0 Å². The van der Waals surface area contributed by atoms with E-state index in [1.54, 1.807) is 6.92 Å². The van der Waals surface area contributed by atoms with E-state index < -0.39 is 12.9 Å². The van der Waals surface area contributed by atoms with Gasteiger partial charge in [-0.2, -0.15) is 0 Å². The van der Waals surface area contributed by atoms with E-state index in [0.29, 0.717) is 11.1 Å². The predicted molar refractivity (Wildman–Crippen MR) is 50.9 cm³/mol. The molecule has 0 aromatic heterocycles. The van der Waals surface area contributed by atoms with Crippen LogP contribution in [0.4, 0.5) is 4.39 Å². The number of rotatable bonds is 2. The van der Waals surface area contributed by atoms with Crippen LogP contribution in [0.2, 0.25) is 0 Å². The number of hydrogen-bond acceptors (Lipinski definition) is 2. The minimum absolute atomic E-state index is 0.263. The van der Waals surface area contributed by atoms with E-state index in [9.17, 15) is 4.39 Å². The van der Waals surface area contributed by atoms with E-state index in [1.807, 2.05) is 0 Å². The van der Waals surface area contributed by atoms with Gasteiger partial charge in [0.25, 0.3) is 0 Å². The van der Waals surface area contributed by atoms with Crippen LogP contribution >= 0.6 is 0 Å². The van der Waals surface area contributed by atoms with Gasteiger partial charge in [-0.1, -0.05) is 18.7 Å². The SMILES string of the molecule is C=C(C)c1cc(B(O)O)ccc1F. The van der Waals surface area contributed by atoms with Crippen molar-refractivity contribution in [2.45, 2.75) is 6.92 Å². The van der Waals surface area contributed by atoms with Gasteiger partial charge in [0.15, 0.2) is 0 Å². The summed E-state index contributed by atoms with van der Waals surface area (Å²) >= 11 is 0. The van der Waals surface area contributed by atoms with Crippen molar-refractivity contribution >= 4 is 18.2 Å². The Balaban J connectivity index is 3.19. The van der Waals surface area contributed by atoms with Crippen molar-refractivity contribution in [1.29, 1.82) is 0 Å². The average molecular weight is 180 g/mol. The molecule has 0 amide bonds. The second-order valence-electron chi connectivity index (χ2n) is 2.89. The van der Waals surface area contributed by atoms with Crippen molar-refractivity contribution < 1.29 is 14.4 Å². The molecule has 1 aromatic carbocycles. The van der Waals surface area contributed by atoms with Crippen LogP contribution in [0.3, 0.4) is 0 Å². The Labute approximate surface area is 76.5 Å². The van der Waals surface area contributed by atoms with E-state index in [0.717, 1.165) is 0 Å². The molecule has 4 heteroatoms. The van der Waals surface area contributed by atoms with Crippen LogP contribution in [0.1, 0.15) is 12.5 Å². The molecule has 0 saturated carbocycles. The molecular formula is C9H10BFO2. The Morgan fingerprint density at radius 2 is 2.08 bits per heavy atom. The zero-order valence-electron chi connectivity index (χ0n) is 7.29. The highest BCUT2D eigenvalue weighted by atomic mass is 19.1. The Morgan fingerprint density at radius 3 is 2.54 bits per heavy atom. The Kier molecular flexibility index (Phi) is 2.85. The lowest BCUT2D eigenvalue weighted by Gasteiger charge is -2.05. The Bertz CT molecular complexity index is 336. The van der Waals surface area contributed by atoms with E-state index in [1.165, 1.54) is 18.2 Å². The number of hydrogen-bond donors (Lipinski definition) is 2. The summed E-state index contributed by atoms with van der Waals surface area (Å²) in [6.45, 7) is 5.24. The van der Waals surface area contributed by atoms with E-state index in [2.05, 4.69) is 6.58 Å². The zero-order valence-corrected chi connectivity index (χ0v) is 7.29. The highest BCUT2D eigenvalue weighted by Gasteiger charge is 2.13. The molecule has 0 atom stereocenters. The molecule has 0 aliphatic carbocycles. The van der Waals surface area contributed by atoms with Crippen molar-refractivity contribution in [3.63, 3.8) is 0 Å². The molecule has 0 aliphatic heterocycles. The highest BCUT2D eigenvalue weighted by molar-refractivity contribution is 6.58. The molecule has 2 nitrogen and oxygen atoms in total. The zero-order chi connectivity index (χ0) is 10.0. The molecule has 0 fully saturated rings. The van der Waals surface area contributed by atoms with Gasteiger partial charge in [-0.05, 0) is 24.0 Å². The van der Waals surface area contributed by atoms with Gasteiger partial charge in [0.1, 0.15) is 5.82 Å². The lowest BCUT2D eigenvalue weighted by Crippen LogP contribution is -2.30. The van der Waals surface area contributed by atoms with Crippen molar-refractivity contribution in [3.8, 4) is 0 Å². The number of allylic oxidation sites excluding steroid dienone is 1. The third-order valence-corrected chi connectivity index (χ3v) is 1.75. The van der Waals surface area contributed by atoms with E-state index in [-0.39, 0.29) is 5.46 Å². The first-order valence-electron chi connectivity index (χ1n) is 3.84. The molecule has 0 saturated heterocycles. The van der Waals surface area contributed by atoms with E-state index >= 15 is 0 Å². The Hall–Kier alpha value is -1.13. The van der Waals surface area contributed by atoms with Gasteiger partial charge >= 0.3 is 7.12 Å². The second-order valence-corrected chi connectivity index (χ2v) is 2.89. The van der Waals surface area contributed by atoms with Gasteiger partial charge in [-0.3, -0.25) is 0 Å². The fraction of sp³-hybridized carbons (Fsp3) is 0.111. The maximum absolute atomic E-state index is 13.1. The normalized spacial score (nSPS) is 9.85. The first kappa shape index (κ1) is 9.96. The van der Waals surface area contributed by atoms with Gasteiger partial charge in [-0.15, -0.1) is 0 Å². The summed E-state index contributed by atoms with van der Waals surface area (Å²) in [6, 6.07) is 3.90. The lowest BCUT2D eigenvalue weighted by molar-refractivity contribution is 0.425. The predicted octanol–water partition coefficient (Wildman–Crippen LogP) is 0.539. The maximum atomic E-state index is 13.1. The molecule has 2 N–H and O–H groups in total. The molecule has 0 heterocycles. The van der Waals surface area contributed by atoms with Crippen molar-refractivity contribution in [2.24, 2.45) is 0 Å². The third kappa shape index (κ3) is 2.17. The fourth-order valence-corrected chi connectivity index (χ4v) is 1.03. The van der Waals surface area contributed by atoms with Crippen molar-refractivity contribution in [2.75, 3.05) is 0 Å². The minimum atomic E-state index is -1.57. The standard InChI is InChI=1S/C9H10BFO2/c1-6(2)8-5-7(10(12)13)3-4-9(8)11/h3-5,12-13H,1H2,2H3. The van der Waals surface area contributed by atoms with Gasteiger partial charge < -0.3 is 10.0 Å². The molecular weight excluding hydrogens is 170 g/mol. The number of benzene rings is 1. The molecule has 0 unspecified atom stereocenters. The van der Waals surface area contributed by atoms with Crippen LogP contribution in [-0.4, -0.2) is 17.2 Å². The largest absolute Gasteiger partial charge is 0.488 e. The van der Waals surface area contributed by atoms with Gasteiger partial charge in [-0.25, -0.2) is 4.39 Å². The smallest absolute Gasteiger partial charge is 0.423 e. The third-order valence-electron chi connectivity index (χ3n) is 1.75. The van der Waals surface area contributed by atoms with Gasteiger partial charge in [0.2, 0.25) is 0 Å². The van der Waals surface area contributed by atoms with Crippen LogP contribution in [0.5, 0.6) is 0 Å². The van der Waals surface area contributed by atoms with Crippen molar-refractivity contribution in [1.82, 2.24) is 0 Å². The molecule has 1 rings (SSSR count). The van der Waals surface area contributed by atoms with Crippen LogP contribution in [0.15, 0.2) is 24.8 Å². The summed E-state index contributed by atoms with van der Waals surface area (Å²) in [5, 5.41) is 17.6. The first-order valence-corrected chi connectivity index (χ1v) is 3.84. The molecule has 0 bridgehead atoms. The molecule has 1 aromatic rings. The Morgan fingerprint density at radius 1 is 1.46 bits per heavy atom. The summed E-state index contributed by atoms with van der Waals surface area (Å²) in [5.41, 5.74) is 1.13. The summed E-state index contributed by atoms with van der Waals surface area (Å²) in [6.07, 6.45) is 0. The molecule has 68 valence electrons. The minimum Gasteiger partial charge on any atom is -0.423 e. The maximum Gasteiger partial charge on any atom is 0.488 e. The highest BCUT2D eigenvalue weighted by Crippen LogP contribution is 2.13. The van der Waals surface area contributed by atoms with Crippen molar-refractivity contribution in [3.05, 3.63) is 36.2 Å². The molecule has 0 radical (unpaired) electrons. The quantitative estimate of drug-likeness (QED) is 0.652. The van der Waals surface area contributed by atoms with Crippen LogP contribution < -0.4 is 5.46 Å². The lowest BCUT2D eigenvalue weighted by atomic mass is 9.79. The molecule has 0 aliphatic rings. The summed E-state index contributed by atoms with van der Waals surface area (Å²) in [7, 11) is -1.57. The van der Waals surface area contributed by atoms with E-state index in [4.69, 9.17) is 10.0 Å². The fourth-order valence-electron chi connectivity index (χ4n) is 1.03. The average Bonchev–Trinajstić information content (AvgIpc) is 2.04. The second kappa shape index (κ2) is 3.72. The summed E-state index contributed by atoms with van der Waals surface area (Å²) in [5.74, 6) is -0.406. The van der Waals surface area contributed by atoms with Crippen LogP contribution in [0, 0.1) is 5.82 Å². The molecule has 0 spiro atoms. The first-order chi connectivity index (χ1) is 6.02. The monoisotopic (exact) mass is 180 g/mol. The van der Waals surface area contributed by atoms with Crippen LogP contribution in [0.25, 0.3) is 5.57 Å². The van der Waals surface area contributed by atoms with Gasteiger partial charge in [0.05, 0.1) is 0 Å². The topological polar surface area (TPSA) is 40.5 Å². The van der Waals surface area contributed by atoms with Gasteiger partial charge in [0, 0.05) is 5.56 Å². The molecule has 13 heavy (non-hydrogen) atoms. The number of halogens is 1.